The SMILES string of the molecule is CC(=O)N[C@H](C)C(=O)N[C@@H]1CCC2(CCN(CCC(C)(C)C)CC2)c2ccccc21.[HH].[HH]. The smallest absolute Gasteiger partial charge is 0.242 e. The molecular weight excluding hydrogens is 374 g/mol. The Labute approximate surface area is 185 Å². The lowest BCUT2D eigenvalue weighted by Crippen LogP contribution is -2.49. The van der Waals surface area contributed by atoms with Crippen LogP contribution in [0.3, 0.4) is 0 Å². The largest absolute Gasteiger partial charge is 0.348 e. The predicted molar refractivity (Wildman–Crippen MR) is 125 cm³/mol. The summed E-state index contributed by atoms with van der Waals surface area (Å²) in [4.78, 5) is 26.5. The highest BCUT2D eigenvalue weighted by atomic mass is 16.2. The number of nitrogens with one attached hydrogen (secondary N) is 2. The highest BCUT2D eigenvalue weighted by Gasteiger charge is 2.42. The zero-order valence-corrected chi connectivity index (χ0v) is 19.4. The van der Waals surface area contributed by atoms with E-state index < -0.39 is 6.04 Å². The van der Waals surface area contributed by atoms with Crippen LogP contribution in [-0.2, 0) is 15.0 Å². The van der Waals surface area contributed by atoms with Crippen LogP contribution in [0.5, 0.6) is 0 Å². The Morgan fingerprint density at radius 1 is 1.20 bits per heavy atom. The Bertz CT molecular complexity index is 771. The van der Waals surface area contributed by atoms with Crippen molar-refractivity contribution in [1.82, 2.24) is 15.5 Å². The molecule has 30 heavy (non-hydrogen) atoms. The van der Waals surface area contributed by atoms with Gasteiger partial charge in [0.05, 0.1) is 6.04 Å². The predicted octanol–water partition coefficient (Wildman–Crippen LogP) is 4.42. The molecule has 1 aliphatic heterocycles. The second-order valence-corrected chi connectivity index (χ2v) is 10.5. The number of fused-ring (bicyclic) bond motifs is 2. The average Bonchev–Trinajstić information content (AvgIpc) is 2.69. The lowest BCUT2D eigenvalue weighted by Gasteiger charge is -2.47. The maximum atomic E-state index is 12.6. The summed E-state index contributed by atoms with van der Waals surface area (Å²) in [7, 11) is 0. The van der Waals surface area contributed by atoms with Crippen LogP contribution in [0.25, 0.3) is 0 Å². The van der Waals surface area contributed by atoms with Crippen molar-refractivity contribution in [3.8, 4) is 0 Å². The fraction of sp³-hybridized carbons (Fsp3) is 0.680. The number of carbonyl (C=O) groups is 2. The highest BCUT2D eigenvalue weighted by molar-refractivity contribution is 5.86. The zero-order valence-electron chi connectivity index (χ0n) is 19.4. The number of likely N-dealkylation sites (tertiary alicyclic amines) is 1. The van der Waals surface area contributed by atoms with Gasteiger partial charge in [-0.25, -0.2) is 0 Å². The first-order valence-corrected chi connectivity index (χ1v) is 11.5. The number of nitrogens with zero attached hydrogens (tertiary/aromatic N) is 1. The number of rotatable bonds is 5. The van der Waals surface area contributed by atoms with E-state index in [0.29, 0.717) is 5.41 Å². The monoisotopic (exact) mass is 417 g/mol. The Hall–Kier alpha value is -1.88. The molecule has 0 aromatic heterocycles. The molecule has 5 heteroatoms. The van der Waals surface area contributed by atoms with Gasteiger partial charge in [-0.1, -0.05) is 45.0 Å². The van der Waals surface area contributed by atoms with Gasteiger partial charge in [0.1, 0.15) is 6.04 Å². The molecule has 170 valence electrons. The summed E-state index contributed by atoms with van der Waals surface area (Å²) in [6.45, 7) is 13.6. The molecule has 1 heterocycles. The molecule has 2 N–H and O–H groups in total. The number of benzene rings is 1. The van der Waals surface area contributed by atoms with Gasteiger partial charge in [-0.15, -0.1) is 0 Å². The van der Waals surface area contributed by atoms with Crippen molar-refractivity contribution in [3.05, 3.63) is 35.4 Å². The molecule has 1 aliphatic carbocycles. The summed E-state index contributed by atoms with van der Waals surface area (Å²) in [6, 6.07) is 8.17. The highest BCUT2D eigenvalue weighted by Crippen LogP contribution is 2.48. The Balaban J connectivity index is 0.00000256. The van der Waals surface area contributed by atoms with Crippen LogP contribution in [-0.4, -0.2) is 42.4 Å². The molecule has 1 saturated heterocycles. The lowest BCUT2D eigenvalue weighted by molar-refractivity contribution is -0.128. The quantitative estimate of drug-likeness (QED) is 0.745. The molecule has 2 amide bonds. The molecule has 5 nitrogen and oxygen atoms in total. The van der Waals surface area contributed by atoms with Gasteiger partial charge in [-0.3, -0.25) is 9.59 Å². The molecular formula is C25H43N3O2. The first kappa shape index (κ1) is 22.8. The number of hydrogen-bond donors (Lipinski definition) is 2. The third-order valence-electron chi connectivity index (χ3n) is 6.94. The van der Waals surface area contributed by atoms with Crippen LogP contribution in [0.2, 0.25) is 0 Å². The Kier molecular flexibility index (Phi) is 6.91. The summed E-state index contributed by atoms with van der Waals surface area (Å²) in [6.07, 6.45) is 5.68. The molecule has 2 atom stereocenters. The molecule has 1 fully saturated rings. The van der Waals surface area contributed by atoms with Crippen LogP contribution >= 0.6 is 0 Å². The minimum atomic E-state index is -0.517. The summed E-state index contributed by atoms with van der Waals surface area (Å²) < 4.78 is 0. The molecule has 1 aromatic rings. The Morgan fingerprint density at radius 2 is 1.87 bits per heavy atom. The van der Waals surface area contributed by atoms with Crippen LogP contribution in [0.1, 0.15) is 86.7 Å². The van der Waals surface area contributed by atoms with Crippen LogP contribution in [0, 0.1) is 5.41 Å². The minimum absolute atomic E-state index is 0. The van der Waals surface area contributed by atoms with Crippen LogP contribution in [0.15, 0.2) is 24.3 Å². The topological polar surface area (TPSA) is 61.4 Å². The first-order chi connectivity index (χ1) is 14.1. The van der Waals surface area contributed by atoms with Crippen molar-refractivity contribution < 1.29 is 12.4 Å². The molecule has 0 radical (unpaired) electrons. The molecule has 1 aromatic carbocycles. The average molecular weight is 418 g/mol. The van der Waals surface area contributed by atoms with Crippen LogP contribution < -0.4 is 10.6 Å². The summed E-state index contributed by atoms with van der Waals surface area (Å²) in [5.74, 6) is -0.295. The normalized spacial score (nSPS) is 22.2. The summed E-state index contributed by atoms with van der Waals surface area (Å²) >= 11 is 0. The van der Waals surface area contributed by atoms with E-state index >= 15 is 0 Å². The van der Waals surface area contributed by atoms with Gasteiger partial charge in [-0.05, 0) is 80.6 Å². The van der Waals surface area contributed by atoms with Gasteiger partial charge in [0.15, 0.2) is 0 Å². The molecule has 0 unspecified atom stereocenters. The van der Waals surface area contributed by atoms with Gasteiger partial charge in [-0.2, -0.15) is 0 Å². The number of hydrogen-bond acceptors (Lipinski definition) is 3. The summed E-state index contributed by atoms with van der Waals surface area (Å²) in [5, 5.41) is 5.87. The van der Waals surface area contributed by atoms with E-state index in [1.807, 2.05) is 0 Å². The van der Waals surface area contributed by atoms with Crippen molar-refractivity contribution in [2.75, 3.05) is 19.6 Å². The molecule has 0 saturated carbocycles. The van der Waals surface area contributed by atoms with E-state index in [-0.39, 0.29) is 26.1 Å². The number of carbonyl (C=O) groups excluding carboxylic acids is 2. The van der Waals surface area contributed by atoms with Crippen molar-refractivity contribution in [2.24, 2.45) is 5.41 Å². The van der Waals surface area contributed by atoms with Gasteiger partial charge in [0, 0.05) is 9.78 Å². The third kappa shape index (κ3) is 5.42. The van der Waals surface area contributed by atoms with Crippen molar-refractivity contribution >= 4 is 11.8 Å². The fourth-order valence-electron chi connectivity index (χ4n) is 5.03. The maximum Gasteiger partial charge on any atom is 0.242 e. The van der Waals surface area contributed by atoms with Gasteiger partial charge in [0.2, 0.25) is 11.8 Å². The second-order valence-electron chi connectivity index (χ2n) is 10.5. The fourth-order valence-corrected chi connectivity index (χ4v) is 5.03. The number of amides is 2. The lowest BCUT2D eigenvalue weighted by atomic mass is 9.63. The molecule has 2 aliphatic rings. The second kappa shape index (κ2) is 9.09. The van der Waals surface area contributed by atoms with E-state index in [9.17, 15) is 9.59 Å². The third-order valence-corrected chi connectivity index (χ3v) is 6.94. The number of piperidine rings is 1. The molecule has 1 spiro atoms. The molecule has 3 rings (SSSR count). The van der Waals surface area contributed by atoms with Gasteiger partial charge in [0.25, 0.3) is 0 Å². The van der Waals surface area contributed by atoms with Gasteiger partial charge >= 0.3 is 0 Å². The summed E-state index contributed by atoms with van der Waals surface area (Å²) in [5.41, 5.74) is 3.30. The van der Waals surface area contributed by atoms with E-state index in [1.165, 1.54) is 43.9 Å². The van der Waals surface area contributed by atoms with Crippen LogP contribution in [0.4, 0.5) is 0 Å². The van der Waals surface area contributed by atoms with Crippen molar-refractivity contribution in [1.29, 1.82) is 0 Å². The van der Waals surface area contributed by atoms with E-state index in [1.54, 1.807) is 6.92 Å². The van der Waals surface area contributed by atoms with E-state index in [4.69, 9.17) is 0 Å². The molecule has 0 bridgehead atoms. The Morgan fingerprint density at radius 3 is 2.50 bits per heavy atom. The maximum absolute atomic E-state index is 12.6. The standard InChI is InChI=1S/C25H39N3O2.2H2/c1-18(26-19(2)29)23(30)27-22-10-11-25(21-9-7-6-8-20(21)22)13-16-28(17-14-25)15-12-24(3,4)5;;/h6-9,18,22H,10-17H2,1-5H3,(H,26,29)(H,27,30);2*1H/t18-,22-;;/m1../s1. The first-order valence-electron chi connectivity index (χ1n) is 11.5. The van der Waals surface area contributed by atoms with Crippen molar-refractivity contribution in [3.63, 3.8) is 0 Å². The minimum Gasteiger partial charge on any atom is -0.348 e. The van der Waals surface area contributed by atoms with Crippen molar-refractivity contribution in [2.45, 2.75) is 84.2 Å². The zero-order chi connectivity index (χ0) is 21.9. The van der Waals surface area contributed by atoms with E-state index in [2.05, 4.69) is 60.6 Å². The van der Waals surface area contributed by atoms with Gasteiger partial charge < -0.3 is 15.5 Å². The van der Waals surface area contributed by atoms with E-state index in [0.717, 1.165) is 25.9 Å².